The molecule has 0 saturated carbocycles. The van der Waals surface area contributed by atoms with Gasteiger partial charge < -0.3 is 4.52 Å². The summed E-state index contributed by atoms with van der Waals surface area (Å²) in [6.45, 7) is 7.40. The van der Waals surface area contributed by atoms with Crippen LogP contribution in [0.4, 0.5) is 0 Å². The molecule has 0 bridgehead atoms. The minimum atomic E-state index is -3.89. The van der Waals surface area contributed by atoms with Crippen LogP contribution < -0.4 is 0 Å². The minimum absolute atomic E-state index is 0.0989. The fraction of sp³-hybridized carbons (Fsp3) is 0.200. The van der Waals surface area contributed by atoms with Gasteiger partial charge in [-0.2, -0.15) is 5.26 Å². The van der Waals surface area contributed by atoms with Crippen molar-refractivity contribution in [3.05, 3.63) is 69.6 Å². The van der Waals surface area contributed by atoms with Gasteiger partial charge in [-0.1, -0.05) is 22.9 Å². The molecule has 0 spiro atoms. The van der Waals surface area contributed by atoms with E-state index >= 15 is 0 Å². The van der Waals surface area contributed by atoms with Crippen molar-refractivity contribution in [1.82, 2.24) is 9.72 Å². The van der Waals surface area contributed by atoms with Crippen molar-refractivity contribution in [3.8, 4) is 11.9 Å². The third-order valence-corrected chi connectivity index (χ3v) is 6.01. The summed E-state index contributed by atoms with van der Waals surface area (Å²) in [7, 11) is -3.89. The average molecular weight is 381 g/mol. The first-order chi connectivity index (χ1) is 12.7. The summed E-state index contributed by atoms with van der Waals surface area (Å²) in [5.41, 5.74) is 3.22. The number of rotatable bonds is 4. The number of aromatic nitrogens is 2. The van der Waals surface area contributed by atoms with Gasteiger partial charge in [0, 0.05) is 17.5 Å². The summed E-state index contributed by atoms with van der Waals surface area (Å²) in [5, 5.41) is 13.5. The van der Waals surface area contributed by atoms with Crippen LogP contribution in [-0.4, -0.2) is 18.1 Å². The van der Waals surface area contributed by atoms with Gasteiger partial charge in [0.15, 0.2) is 5.82 Å². The van der Waals surface area contributed by atoms with E-state index in [9.17, 15) is 13.7 Å². The molecule has 3 rings (SSSR count). The summed E-state index contributed by atoms with van der Waals surface area (Å²) in [4.78, 5) is -0.204. The monoisotopic (exact) mass is 381 g/mol. The molecule has 0 amide bonds. The van der Waals surface area contributed by atoms with Crippen molar-refractivity contribution < 1.29 is 12.9 Å². The molecule has 0 radical (unpaired) electrons. The first-order valence-electron chi connectivity index (χ1n) is 8.30. The van der Waals surface area contributed by atoms with Gasteiger partial charge in [0.25, 0.3) is 0 Å². The molecule has 7 heteroatoms. The molecule has 0 N–H and O–H groups in total. The zero-order valence-corrected chi connectivity index (χ0v) is 16.3. The Morgan fingerprint density at radius 2 is 1.81 bits per heavy atom. The highest BCUT2D eigenvalue weighted by Crippen LogP contribution is 2.26. The smallest absolute Gasteiger partial charge is 0.216 e. The van der Waals surface area contributed by atoms with Gasteiger partial charge >= 0.3 is 0 Å². The van der Waals surface area contributed by atoms with Crippen LogP contribution in [-0.2, 0) is 9.84 Å². The Kier molecular flexibility index (Phi) is 4.77. The summed E-state index contributed by atoms with van der Waals surface area (Å²) < 4.78 is 32.6. The van der Waals surface area contributed by atoms with Crippen LogP contribution in [0, 0.1) is 39.0 Å². The van der Waals surface area contributed by atoms with Gasteiger partial charge in [0.1, 0.15) is 16.7 Å². The number of benzene rings is 1. The molecule has 0 aliphatic heterocycles. The lowest BCUT2D eigenvalue weighted by Gasteiger charge is -2.05. The normalized spacial score (nSPS) is 12.2. The second kappa shape index (κ2) is 6.89. The van der Waals surface area contributed by atoms with Crippen LogP contribution in [0.25, 0.3) is 11.9 Å². The summed E-state index contributed by atoms with van der Waals surface area (Å²) in [6.07, 6.45) is 1.40. The highest BCUT2D eigenvalue weighted by Gasteiger charge is 2.22. The van der Waals surface area contributed by atoms with Crippen LogP contribution in [0.2, 0.25) is 0 Å². The zero-order valence-electron chi connectivity index (χ0n) is 15.5. The Hall–Kier alpha value is -3.11. The van der Waals surface area contributed by atoms with Gasteiger partial charge in [-0.3, -0.25) is 4.57 Å². The van der Waals surface area contributed by atoms with E-state index in [0.29, 0.717) is 17.1 Å². The summed E-state index contributed by atoms with van der Waals surface area (Å²) in [5.74, 6) is 1.29. The standard InChI is InChI=1S/C20H19N3O3S/c1-13-5-7-18(8-6-13)27(24,25)19(12-21)11-17-9-14(2)23(16(17)4)20-10-15(3)26-22-20/h5-11H,1-4H3/b19-11+. The minimum Gasteiger partial charge on any atom is -0.360 e. The predicted octanol–water partition coefficient (Wildman–Crippen LogP) is 4.04. The molecule has 138 valence electrons. The second-order valence-corrected chi connectivity index (χ2v) is 8.31. The lowest BCUT2D eigenvalue weighted by molar-refractivity contribution is 0.394. The fourth-order valence-electron chi connectivity index (χ4n) is 2.90. The highest BCUT2D eigenvalue weighted by molar-refractivity contribution is 7.95. The Labute approximate surface area is 158 Å². The average Bonchev–Trinajstić information content (AvgIpc) is 3.15. The number of hydrogen-bond donors (Lipinski definition) is 0. The SMILES string of the molecule is Cc1ccc(S(=O)(=O)/C(C#N)=C/c2cc(C)n(-c3cc(C)on3)c2C)cc1. The Morgan fingerprint density at radius 3 is 2.37 bits per heavy atom. The Morgan fingerprint density at radius 1 is 1.15 bits per heavy atom. The molecular weight excluding hydrogens is 362 g/mol. The Balaban J connectivity index is 2.10. The van der Waals surface area contributed by atoms with E-state index in [1.54, 1.807) is 25.1 Å². The third kappa shape index (κ3) is 3.44. The van der Waals surface area contributed by atoms with Gasteiger partial charge in [0.05, 0.1) is 4.90 Å². The maximum atomic E-state index is 12.8. The van der Waals surface area contributed by atoms with E-state index < -0.39 is 9.84 Å². The fourth-order valence-corrected chi connectivity index (χ4v) is 4.05. The van der Waals surface area contributed by atoms with E-state index in [0.717, 1.165) is 17.0 Å². The summed E-state index contributed by atoms with van der Waals surface area (Å²) in [6, 6.07) is 11.9. The molecule has 2 heterocycles. The molecule has 0 fully saturated rings. The van der Waals surface area contributed by atoms with Crippen molar-refractivity contribution in [2.45, 2.75) is 32.6 Å². The van der Waals surface area contributed by atoms with E-state index in [2.05, 4.69) is 5.16 Å². The van der Waals surface area contributed by atoms with Crippen molar-refractivity contribution in [2.75, 3.05) is 0 Å². The van der Waals surface area contributed by atoms with Gasteiger partial charge in [-0.05, 0) is 57.5 Å². The molecule has 0 unspecified atom stereocenters. The molecular formula is C20H19N3O3S. The van der Waals surface area contributed by atoms with Gasteiger partial charge in [-0.15, -0.1) is 0 Å². The number of nitrogens with zero attached hydrogens (tertiary/aromatic N) is 3. The second-order valence-electron chi connectivity index (χ2n) is 6.39. The number of sulfone groups is 1. The van der Waals surface area contributed by atoms with E-state index in [-0.39, 0.29) is 9.80 Å². The largest absolute Gasteiger partial charge is 0.360 e. The number of aryl methyl sites for hydroxylation is 3. The van der Waals surface area contributed by atoms with E-state index in [1.165, 1.54) is 18.2 Å². The van der Waals surface area contributed by atoms with Crippen molar-refractivity contribution >= 4 is 15.9 Å². The molecule has 0 saturated heterocycles. The van der Waals surface area contributed by atoms with Crippen LogP contribution in [0.1, 0.15) is 28.3 Å². The molecule has 0 aliphatic rings. The maximum Gasteiger partial charge on any atom is 0.216 e. The van der Waals surface area contributed by atoms with Gasteiger partial charge in [-0.25, -0.2) is 8.42 Å². The lowest BCUT2D eigenvalue weighted by atomic mass is 10.2. The van der Waals surface area contributed by atoms with Crippen molar-refractivity contribution in [1.29, 1.82) is 5.26 Å². The number of nitriles is 1. The number of allylic oxidation sites excluding steroid dienone is 1. The first-order valence-corrected chi connectivity index (χ1v) is 9.78. The topological polar surface area (TPSA) is 88.9 Å². The first kappa shape index (κ1) is 18.7. The maximum absolute atomic E-state index is 12.8. The van der Waals surface area contributed by atoms with E-state index in [4.69, 9.17) is 4.52 Å². The van der Waals surface area contributed by atoms with Crippen LogP contribution in [0.15, 0.2) is 50.7 Å². The van der Waals surface area contributed by atoms with Crippen molar-refractivity contribution in [2.24, 2.45) is 0 Å². The van der Waals surface area contributed by atoms with Crippen molar-refractivity contribution in [3.63, 3.8) is 0 Å². The third-order valence-electron chi connectivity index (χ3n) is 4.33. The molecule has 1 aromatic carbocycles. The molecule has 2 aromatic heterocycles. The predicted molar refractivity (Wildman–Crippen MR) is 102 cm³/mol. The molecule has 6 nitrogen and oxygen atoms in total. The molecule has 27 heavy (non-hydrogen) atoms. The van der Waals surface area contributed by atoms with E-state index in [1.807, 2.05) is 37.5 Å². The molecule has 3 aromatic rings. The number of hydrogen-bond acceptors (Lipinski definition) is 5. The highest BCUT2D eigenvalue weighted by atomic mass is 32.2. The summed E-state index contributed by atoms with van der Waals surface area (Å²) >= 11 is 0. The van der Waals surface area contributed by atoms with Crippen LogP contribution in [0.5, 0.6) is 0 Å². The Bertz CT molecular complexity index is 1170. The van der Waals surface area contributed by atoms with Crippen LogP contribution in [0.3, 0.4) is 0 Å². The quantitative estimate of drug-likeness (QED) is 0.636. The van der Waals surface area contributed by atoms with Crippen LogP contribution >= 0.6 is 0 Å². The molecule has 0 aliphatic carbocycles. The zero-order chi connectivity index (χ0) is 19.8. The lowest BCUT2D eigenvalue weighted by Crippen LogP contribution is -2.04. The van der Waals surface area contributed by atoms with Gasteiger partial charge in [0.2, 0.25) is 9.84 Å². The molecule has 0 atom stereocenters.